The van der Waals surface area contributed by atoms with Crippen molar-refractivity contribution in [3.63, 3.8) is 0 Å². The van der Waals surface area contributed by atoms with Gasteiger partial charge in [-0.1, -0.05) is 23.7 Å². The van der Waals surface area contributed by atoms with Gasteiger partial charge in [0.25, 0.3) is 0 Å². The molecule has 39 heavy (non-hydrogen) atoms. The van der Waals surface area contributed by atoms with E-state index in [2.05, 4.69) is 4.74 Å². The van der Waals surface area contributed by atoms with E-state index in [0.29, 0.717) is 68.5 Å². The number of ether oxygens (including phenoxy) is 3. The Morgan fingerprint density at radius 1 is 1.13 bits per heavy atom. The molecule has 2 saturated heterocycles. The number of nitrogens with zero attached hydrogens (tertiary/aromatic N) is 2. The molecule has 1 N–H and O–H groups in total. The second kappa shape index (κ2) is 12.3. The van der Waals surface area contributed by atoms with Crippen molar-refractivity contribution in [2.45, 2.75) is 57.7 Å². The summed E-state index contributed by atoms with van der Waals surface area (Å²) in [5, 5.41) is 10.5. The van der Waals surface area contributed by atoms with E-state index in [1.54, 1.807) is 11.0 Å². The summed E-state index contributed by atoms with van der Waals surface area (Å²) in [5.41, 5.74) is 1.41. The van der Waals surface area contributed by atoms with Crippen molar-refractivity contribution in [3.05, 3.63) is 58.1 Å². The summed E-state index contributed by atoms with van der Waals surface area (Å²) >= 11 is 6.31. The number of carbonyl (C=O) groups excluding carboxylic acids is 1. The van der Waals surface area contributed by atoms with Crippen molar-refractivity contribution in [1.29, 1.82) is 0 Å². The Hall–Kier alpha value is -2.53. The summed E-state index contributed by atoms with van der Waals surface area (Å²) in [4.78, 5) is 17.1. The molecule has 1 amide bonds. The first-order valence-corrected chi connectivity index (χ1v) is 13.4. The van der Waals surface area contributed by atoms with Gasteiger partial charge in [0.1, 0.15) is 23.7 Å². The SMILES string of the molecule is Cc1cc(OCC2(CC(=O)N3CCC(O)CC3)CN(Cc3cccc(OC(F)(F)F)c3)CCO2)cc(C)c1Cl. The fourth-order valence-corrected chi connectivity index (χ4v) is 5.22. The number of morpholine rings is 1. The highest BCUT2D eigenvalue weighted by molar-refractivity contribution is 6.32. The average Bonchev–Trinajstić information content (AvgIpc) is 2.86. The zero-order chi connectivity index (χ0) is 28.2. The van der Waals surface area contributed by atoms with Crippen molar-refractivity contribution in [3.8, 4) is 11.5 Å². The topological polar surface area (TPSA) is 71.5 Å². The van der Waals surface area contributed by atoms with E-state index in [1.165, 1.54) is 18.2 Å². The number of aliphatic hydroxyl groups excluding tert-OH is 1. The van der Waals surface area contributed by atoms with E-state index in [-0.39, 0.29) is 24.7 Å². The van der Waals surface area contributed by atoms with E-state index in [0.717, 1.165) is 11.1 Å². The molecule has 214 valence electrons. The molecule has 2 aliphatic heterocycles. The minimum Gasteiger partial charge on any atom is -0.490 e. The van der Waals surface area contributed by atoms with Gasteiger partial charge in [-0.2, -0.15) is 0 Å². The Morgan fingerprint density at radius 3 is 2.49 bits per heavy atom. The largest absolute Gasteiger partial charge is 0.573 e. The van der Waals surface area contributed by atoms with E-state index < -0.39 is 18.1 Å². The van der Waals surface area contributed by atoms with E-state index in [1.807, 2.05) is 30.9 Å². The van der Waals surface area contributed by atoms with Gasteiger partial charge >= 0.3 is 6.36 Å². The van der Waals surface area contributed by atoms with Crippen molar-refractivity contribution in [2.24, 2.45) is 0 Å². The molecule has 0 aliphatic carbocycles. The maximum absolute atomic E-state index is 13.3. The molecule has 2 fully saturated rings. The molecule has 11 heteroatoms. The monoisotopic (exact) mass is 570 g/mol. The maximum Gasteiger partial charge on any atom is 0.573 e. The van der Waals surface area contributed by atoms with Gasteiger partial charge in [-0.25, -0.2) is 0 Å². The molecule has 0 bridgehead atoms. The molecule has 2 aromatic rings. The minimum atomic E-state index is -4.77. The van der Waals surface area contributed by atoms with Gasteiger partial charge in [-0.15, -0.1) is 13.2 Å². The van der Waals surface area contributed by atoms with Crippen LogP contribution in [0.2, 0.25) is 5.02 Å². The summed E-state index contributed by atoms with van der Waals surface area (Å²) in [6.45, 7) is 6.38. The smallest absolute Gasteiger partial charge is 0.490 e. The number of rotatable bonds is 8. The number of halogens is 4. The number of likely N-dealkylation sites (tertiary alicyclic amines) is 1. The van der Waals surface area contributed by atoms with Crippen LogP contribution in [0.1, 0.15) is 36.0 Å². The Balaban J connectivity index is 1.51. The van der Waals surface area contributed by atoms with Gasteiger partial charge < -0.3 is 24.2 Å². The molecule has 2 aromatic carbocycles. The van der Waals surface area contributed by atoms with Crippen LogP contribution in [-0.4, -0.2) is 78.3 Å². The first-order valence-electron chi connectivity index (χ1n) is 13.0. The first-order chi connectivity index (χ1) is 18.4. The molecule has 4 rings (SSSR count). The van der Waals surface area contributed by atoms with Crippen molar-refractivity contribution < 1.29 is 37.3 Å². The molecule has 1 unspecified atom stereocenters. The number of alkyl halides is 3. The Morgan fingerprint density at radius 2 is 1.82 bits per heavy atom. The van der Waals surface area contributed by atoms with Crippen LogP contribution < -0.4 is 9.47 Å². The standard InChI is InChI=1S/C28H34ClF3N2O5/c1-19-12-24(13-20(2)26(19)29)37-18-27(15-25(36)34-8-6-22(35)7-9-34)17-33(10-11-38-27)16-21-4-3-5-23(14-21)39-28(30,31)32/h3-5,12-14,22,35H,6-11,15-18H2,1-2H3. The third-order valence-corrected chi connectivity index (χ3v) is 7.66. The molecule has 0 spiro atoms. The highest BCUT2D eigenvalue weighted by Gasteiger charge is 2.41. The zero-order valence-electron chi connectivity index (χ0n) is 22.1. The second-order valence-electron chi connectivity index (χ2n) is 10.4. The van der Waals surface area contributed by atoms with E-state index in [4.69, 9.17) is 21.1 Å². The summed E-state index contributed by atoms with van der Waals surface area (Å²) in [7, 11) is 0. The fourth-order valence-electron chi connectivity index (χ4n) is 5.11. The molecule has 7 nitrogen and oxygen atoms in total. The first kappa shape index (κ1) is 29.5. The van der Waals surface area contributed by atoms with Gasteiger partial charge in [-0.3, -0.25) is 9.69 Å². The Labute approximate surface area is 231 Å². The zero-order valence-corrected chi connectivity index (χ0v) is 22.9. The summed E-state index contributed by atoms with van der Waals surface area (Å²) in [6.07, 6.45) is -4.04. The van der Waals surface area contributed by atoms with Crippen LogP contribution in [0.25, 0.3) is 0 Å². The summed E-state index contributed by atoms with van der Waals surface area (Å²) in [6, 6.07) is 9.56. The second-order valence-corrected chi connectivity index (χ2v) is 10.8. The van der Waals surface area contributed by atoms with Gasteiger partial charge in [0, 0.05) is 37.7 Å². The molecule has 0 saturated carbocycles. The lowest BCUT2D eigenvalue weighted by molar-refractivity contribution is -0.274. The van der Waals surface area contributed by atoms with Crippen LogP contribution >= 0.6 is 11.6 Å². The quantitative estimate of drug-likeness (QED) is 0.488. The lowest BCUT2D eigenvalue weighted by atomic mass is 9.95. The third-order valence-electron chi connectivity index (χ3n) is 7.07. The lowest BCUT2D eigenvalue weighted by Gasteiger charge is -2.43. The third kappa shape index (κ3) is 8.23. The molecule has 2 aliphatic rings. The average molecular weight is 571 g/mol. The number of carbonyl (C=O) groups is 1. The molecule has 0 radical (unpaired) electrons. The number of aryl methyl sites for hydroxylation is 2. The molecular weight excluding hydrogens is 537 g/mol. The Bertz CT molecular complexity index is 1130. The van der Waals surface area contributed by atoms with Crippen LogP contribution in [-0.2, 0) is 16.1 Å². The van der Waals surface area contributed by atoms with Gasteiger partial charge in [0.05, 0.1) is 19.1 Å². The number of hydrogen-bond donors (Lipinski definition) is 1. The summed E-state index contributed by atoms with van der Waals surface area (Å²) in [5.74, 6) is 0.246. The van der Waals surface area contributed by atoms with Crippen LogP contribution in [0, 0.1) is 13.8 Å². The van der Waals surface area contributed by atoms with Crippen LogP contribution in [0.5, 0.6) is 11.5 Å². The molecule has 0 aromatic heterocycles. The summed E-state index contributed by atoms with van der Waals surface area (Å²) < 4.78 is 54.6. The molecule has 2 heterocycles. The fraction of sp³-hybridized carbons (Fsp3) is 0.536. The van der Waals surface area contributed by atoms with Gasteiger partial charge in [0.15, 0.2) is 0 Å². The van der Waals surface area contributed by atoms with Crippen LogP contribution in [0.15, 0.2) is 36.4 Å². The minimum absolute atomic E-state index is 0.0718. The number of benzene rings is 2. The van der Waals surface area contributed by atoms with Crippen LogP contribution in [0.3, 0.4) is 0 Å². The number of piperidine rings is 1. The molecule has 1 atom stereocenters. The number of aliphatic hydroxyl groups is 1. The lowest BCUT2D eigenvalue weighted by Crippen LogP contribution is -2.57. The Kier molecular flexibility index (Phi) is 9.31. The van der Waals surface area contributed by atoms with Crippen molar-refractivity contribution in [2.75, 3.05) is 39.4 Å². The highest BCUT2D eigenvalue weighted by atomic mass is 35.5. The predicted molar refractivity (Wildman–Crippen MR) is 140 cm³/mol. The van der Waals surface area contributed by atoms with Crippen LogP contribution in [0.4, 0.5) is 13.2 Å². The highest BCUT2D eigenvalue weighted by Crippen LogP contribution is 2.31. The molecular formula is C28H34ClF3N2O5. The number of amides is 1. The predicted octanol–water partition coefficient (Wildman–Crippen LogP) is 4.88. The normalized spacial score (nSPS) is 21.2. The van der Waals surface area contributed by atoms with Gasteiger partial charge in [0.2, 0.25) is 5.91 Å². The van der Waals surface area contributed by atoms with Gasteiger partial charge in [-0.05, 0) is 67.6 Å². The van der Waals surface area contributed by atoms with E-state index >= 15 is 0 Å². The number of hydrogen-bond acceptors (Lipinski definition) is 6. The van der Waals surface area contributed by atoms with Crippen molar-refractivity contribution >= 4 is 17.5 Å². The maximum atomic E-state index is 13.3. The van der Waals surface area contributed by atoms with E-state index in [9.17, 15) is 23.1 Å². The van der Waals surface area contributed by atoms with Crippen molar-refractivity contribution in [1.82, 2.24) is 9.80 Å².